The second kappa shape index (κ2) is 6.02. The zero-order chi connectivity index (χ0) is 15.5. The van der Waals surface area contributed by atoms with Crippen LogP contribution in [0.15, 0.2) is 29.2 Å². The molecule has 0 aliphatic rings. The standard InChI is InChI=1S/C12H16N2O5S/c1-8(12(16)17)13-11(15)9-4-6-10(7-5-9)20(18,19)14(2)3/h4-8H,1-3H3,(H,13,15)(H,16,17)/p-1/t8-/m1/s1. The molecule has 0 radical (unpaired) electrons. The van der Waals surface area contributed by atoms with Crippen LogP contribution < -0.4 is 10.4 Å². The van der Waals surface area contributed by atoms with Gasteiger partial charge in [-0.1, -0.05) is 0 Å². The zero-order valence-electron chi connectivity index (χ0n) is 11.3. The fourth-order valence-corrected chi connectivity index (χ4v) is 2.23. The number of nitrogens with one attached hydrogen (secondary N) is 1. The van der Waals surface area contributed by atoms with Gasteiger partial charge in [0.15, 0.2) is 0 Å². The number of amides is 1. The van der Waals surface area contributed by atoms with E-state index in [2.05, 4.69) is 5.32 Å². The third kappa shape index (κ3) is 3.55. The third-order valence-electron chi connectivity index (χ3n) is 2.60. The first-order chi connectivity index (χ1) is 9.16. The highest BCUT2D eigenvalue weighted by Crippen LogP contribution is 2.14. The van der Waals surface area contributed by atoms with Gasteiger partial charge < -0.3 is 15.2 Å². The van der Waals surface area contributed by atoms with Gasteiger partial charge in [-0.25, -0.2) is 12.7 Å². The zero-order valence-corrected chi connectivity index (χ0v) is 12.1. The predicted octanol–water partition coefficient (Wildman–Crippen LogP) is -1.19. The SMILES string of the molecule is C[C@@H](NC(=O)c1ccc(S(=O)(=O)N(C)C)cc1)C(=O)[O-]. The van der Waals surface area contributed by atoms with Crippen molar-refractivity contribution in [2.45, 2.75) is 17.9 Å². The molecule has 8 heteroatoms. The number of carbonyl (C=O) groups excluding carboxylic acids is 2. The van der Waals surface area contributed by atoms with Crippen molar-refractivity contribution >= 4 is 21.9 Å². The number of carbonyl (C=O) groups is 2. The van der Waals surface area contributed by atoms with Gasteiger partial charge in [0.05, 0.1) is 16.9 Å². The molecular weight excluding hydrogens is 284 g/mol. The average molecular weight is 299 g/mol. The molecule has 0 heterocycles. The van der Waals surface area contributed by atoms with Crippen molar-refractivity contribution in [2.75, 3.05) is 14.1 Å². The van der Waals surface area contributed by atoms with Crippen LogP contribution >= 0.6 is 0 Å². The minimum atomic E-state index is -3.56. The summed E-state index contributed by atoms with van der Waals surface area (Å²) in [5.41, 5.74) is 0.163. The van der Waals surface area contributed by atoms with Crippen LogP contribution in [0.4, 0.5) is 0 Å². The first-order valence-corrected chi connectivity index (χ1v) is 7.14. The molecule has 1 amide bonds. The maximum atomic E-state index is 11.8. The van der Waals surface area contributed by atoms with Crippen LogP contribution in [0.5, 0.6) is 0 Å². The Morgan fingerprint density at radius 1 is 1.20 bits per heavy atom. The number of hydrogen-bond donors (Lipinski definition) is 1. The van der Waals surface area contributed by atoms with E-state index in [0.717, 1.165) is 4.31 Å². The van der Waals surface area contributed by atoms with E-state index in [1.54, 1.807) is 0 Å². The average Bonchev–Trinajstić information content (AvgIpc) is 2.38. The summed E-state index contributed by atoms with van der Waals surface area (Å²) in [5, 5.41) is 12.7. The molecule has 0 saturated carbocycles. The molecule has 0 unspecified atom stereocenters. The van der Waals surface area contributed by atoms with E-state index in [1.807, 2.05) is 0 Å². The highest BCUT2D eigenvalue weighted by molar-refractivity contribution is 7.89. The summed E-state index contributed by atoms with van der Waals surface area (Å²) in [5.74, 6) is -2.01. The van der Waals surface area contributed by atoms with Crippen LogP contribution in [0.2, 0.25) is 0 Å². The highest BCUT2D eigenvalue weighted by atomic mass is 32.2. The lowest BCUT2D eigenvalue weighted by Crippen LogP contribution is -2.45. The molecule has 0 aliphatic carbocycles. The molecule has 1 rings (SSSR count). The number of aliphatic carboxylic acids is 1. The topological polar surface area (TPSA) is 107 Å². The van der Waals surface area contributed by atoms with Crippen LogP contribution in [-0.2, 0) is 14.8 Å². The molecule has 7 nitrogen and oxygen atoms in total. The number of carboxylic acids is 1. The van der Waals surface area contributed by atoms with Crippen molar-refractivity contribution in [3.05, 3.63) is 29.8 Å². The van der Waals surface area contributed by atoms with Gasteiger partial charge in [0.2, 0.25) is 10.0 Å². The molecule has 0 saturated heterocycles. The molecule has 0 bridgehead atoms. The Bertz CT molecular complexity index is 607. The van der Waals surface area contributed by atoms with Crippen LogP contribution in [-0.4, -0.2) is 44.7 Å². The Morgan fingerprint density at radius 3 is 2.10 bits per heavy atom. The number of nitrogens with zero attached hydrogens (tertiary/aromatic N) is 1. The summed E-state index contributed by atoms with van der Waals surface area (Å²) < 4.78 is 24.7. The molecule has 1 aromatic carbocycles. The van der Waals surface area contributed by atoms with Crippen molar-refractivity contribution in [1.29, 1.82) is 0 Å². The van der Waals surface area contributed by atoms with Crippen molar-refractivity contribution in [1.82, 2.24) is 9.62 Å². The highest BCUT2D eigenvalue weighted by Gasteiger charge is 2.18. The molecule has 0 aromatic heterocycles. The van der Waals surface area contributed by atoms with Crippen molar-refractivity contribution in [2.24, 2.45) is 0 Å². The molecule has 0 fully saturated rings. The van der Waals surface area contributed by atoms with E-state index in [4.69, 9.17) is 0 Å². The van der Waals surface area contributed by atoms with Gasteiger partial charge >= 0.3 is 0 Å². The lowest BCUT2D eigenvalue weighted by molar-refractivity contribution is -0.307. The minimum Gasteiger partial charge on any atom is -0.548 e. The number of rotatable bonds is 5. The predicted molar refractivity (Wildman–Crippen MR) is 69.3 cm³/mol. The number of carboxylic acid groups (broad SMARTS) is 1. The summed E-state index contributed by atoms with van der Waals surface area (Å²) in [4.78, 5) is 22.3. The first kappa shape index (κ1) is 16.1. The fourth-order valence-electron chi connectivity index (χ4n) is 1.33. The second-order valence-electron chi connectivity index (χ2n) is 4.33. The number of hydrogen-bond acceptors (Lipinski definition) is 5. The van der Waals surface area contributed by atoms with E-state index in [9.17, 15) is 23.1 Å². The first-order valence-electron chi connectivity index (χ1n) is 5.70. The van der Waals surface area contributed by atoms with Crippen LogP contribution in [0.3, 0.4) is 0 Å². The van der Waals surface area contributed by atoms with Crippen LogP contribution in [0.25, 0.3) is 0 Å². The fraction of sp³-hybridized carbons (Fsp3) is 0.333. The summed E-state index contributed by atoms with van der Waals surface area (Å²) in [6, 6.07) is 4.07. The van der Waals surface area contributed by atoms with Crippen LogP contribution in [0.1, 0.15) is 17.3 Å². The number of benzene rings is 1. The van der Waals surface area contributed by atoms with Crippen molar-refractivity contribution in [3.63, 3.8) is 0 Å². The summed E-state index contributed by atoms with van der Waals surface area (Å²) in [6.07, 6.45) is 0. The molecule has 1 N–H and O–H groups in total. The lowest BCUT2D eigenvalue weighted by atomic mass is 10.2. The molecule has 110 valence electrons. The smallest absolute Gasteiger partial charge is 0.251 e. The van der Waals surface area contributed by atoms with E-state index in [0.29, 0.717) is 0 Å². The minimum absolute atomic E-state index is 0.0481. The monoisotopic (exact) mass is 299 g/mol. The summed E-state index contributed by atoms with van der Waals surface area (Å²) in [6.45, 7) is 1.28. The van der Waals surface area contributed by atoms with Gasteiger partial charge in [0, 0.05) is 19.7 Å². The molecule has 20 heavy (non-hydrogen) atoms. The summed E-state index contributed by atoms with van der Waals surface area (Å²) >= 11 is 0. The summed E-state index contributed by atoms with van der Waals surface area (Å²) in [7, 11) is -0.758. The molecule has 1 aromatic rings. The van der Waals surface area contributed by atoms with E-state index in [-0.39, 0.29) is 10.5 Å². The molecule has 0 aliphatic heterocycles. The molecular formula is C12H15N2O5S-. The normalized spacial score (nSPS) is 13.0. The Morgan fingerprint density at radius 2 is 1.70 bits per heavy atom. The second-order valence-corrected chi connectivity index (χ2v) is 6.48. The maximum Gasteiger partial charge on any atom is 0.251 e. The Hall–Kier alpha value is -1.93. The molecule has 1 atom stereocenters. The number of sulfonamides is 1. The van der Waals surface area contributed by atoms with Gasteiger partial charge in [-0.15, -0.1) is 0 Å². The van der Waals surface area contributed by atoms with Gasteiger partial charge in [-0.05, 0) is 31.2 Å². The van der Waals surface area contributed by atoms with Crippen molar-refractivity contribution in [3.8, 4) is 0 Å². The Balaban J connectivity index is 2.92. The van der Waals surface area contributed by atoms with E-state index in [1.165, 1.54) is 45.3 Å². The van der Waals surface area contributed by atoms with Gasteiger partial charge in [-0.3, -0.25) is 4.79 Å². The van der Waals surface area contributed by atoms with Crippen molar-refractivity contribution < 1.29 is 23.1 Å². The van der Waals surface area contributed by atoms with Gasteiger partial charge in [0.1, 0.15) is 0 Å². The Kier molecular flexibility index (Phi) is 4.85. The quantitative estimate of drug-likeness (QED) is 0.735. The van der Waals surface area contributed by atoms with Crippen LogP contribution in [0, 0.1) is 0 Å². The van der Waals surface area contributed by atoms with E-state index < -0.39 is 27.9 Å². The lowest BCUT2D eigenvalue weighted by Gasteiger charge is -2.15. The Labute approximate surface area is 117 Å². The van der Waals surface area contributed by atoms with Gasteiger partial charge in [-0.2, -0.15) is 0 Å². The van der Waals surface area contributed by atoms with E-state index >= 15 is 0 Å². The third-order valence-corrected chi connectivity index (χ3v) is 4.43. The largest absolute Gasteiger partial charge is 0.548 e. The molecule has 0 spiro atoms. The van der Waals surface area contributed by atoms with Gasteiger partial charge in [0.25, 0.3) is 5.91 Å². The maximum absolute atomic E-state index is 11.8.